The molecule has 1 aromatic carbocycles. The fourth-order valence-corrected chi connectivity index (χ4v) is 2.25. The van der Waals surface area contributed by atoms with E-state index in [2.05, 4.69) is 0 Å². The summed E-state index contributed by atoms with van der Waals surface area (Å²) < 4.78 is 0.704. The third-order valence-electron chi connectivity index (χ3n) is 1.52. The Hall–Kier alpha value is 1.19. The van der Waals surface area contributed by atoms with Crippen LogP contribution in [0.15, 0.2) is 12.1 Å². The molecule has 0 unspecified atom stereocenters. The molecule has 4 nitrogen and oxygen atoms in total. The number of carboxylic acid groups (broad SMARTS) is 2. The third kappa shape index (κ3) is 3.85. The molecule has 0 aliphatic rings. The van der Waals surface area contributed by atoms with Crippen molar-refractivity contribution in [2.24, 2.45) is 0 Å². The van der Waals surface area contributed by atoms with Gasteiger partial charge in [0.15, 0.2) is 0 Å². The molecule has 0 saturated carbocycles. The van der Waals surface area contributed by atoms with Gasteiger partial charge in [-0.15, -0.1) is 0 Å². The van der Waals surface area contributed by atoms with Crippen LogP contribution in [0.4, 0.5) is 0 Å². The van der Waals surface area contributed by atoms with Crippen LogP contribution in [0, 0.1) is 7.14 Å². The Bertz CT molecular complexity index is 380. The minimum Gasteiger partial charge on any atom is -0.545 e. The molecule has 0 amide bonds. The first-order chi connectivity index (χ1) is 6.45. The van der Waals surface area contributed by atoms with Crippen molar-refractivity contribution in [3.8, 4) is 0 Å². The number of benzene rings is 1. The summed E-state index contributed by atoms with van der Waals surface area (Å²) >= 11 is 3.52. The molecule has 0 spiro atoms. The van der Waals surface area contributed by atoms with E-state index in [9.17, 15) is 19.8 Å². The van der Waals surface area contributed by atoms with Crippen LogP contribution in [0.2, 0.25) is 0 Å². The molecule has 0 atom stereocenters. The normalized spacial score (nSPS) is 9.20. The van der Waals surface area contributed by atoms with Crippen LogP contribution >= 0.6 is 45.2 Å². The average Bonchev–Trinajstić information content (AvgIpc) is 2.08. The summed E-state index contributed by atoms with van der Waals surface area (Å²) in [5, 5.41) is 21.1. The molecule has 74 valence electrons. The second-order valence-electron chi connectivity index (χ2n) is 2.36. The summed E-state index contributed by atoms with van der Waals surface area (Å²) in [6.45, 7) is 0. The van der Waals surface area contributed by atoms with Crippen molar-refractivity contribution in [3.05, 3.63) is 30.4 Å². The monoisotopic (exact) mass is 554 g/mol. The summed E-state index contributed by atoms with van der Waals surface area (Å²) in [6.07, 6.45) is 0. The van der Waals surface area contributed by atoms with Gasteiger partial charge in [0.1, 0.15) is 0 Å². The fourth-order valence-electron chi connectivity index (χ4n) is 0.865. The molecule has 1 rings (SSSR count). The van der Waals surface area contributed by atoms with Crippen LogP contribution in [0.3, 0.4) is 0 Å². The van der Waals surface area contributed by atoms with Crippen molar-refractivity contribution >= 4 is 106 Å². The summed E-state index contributed by atoms with van der Waals surface area (Å²) in [5.74, 6) is -2.64. The van der Waals surface area contributed by atoms with E-state index in [0.29, 0.717) is 7.14 Å². The Labute approximate surface area is 153 Å². The third-order valence-corrected chi connectivity index (χ3v) is 4.80. The predicted octanol–water partition coefficient (Wildman–Crippen LogP) is -0.758. The van der Waals surface area contributed by atoms with Crippen molar-refractivity contribution < 1.29 is 19.8 Å². The average molecular weight is 553 g/mol. The van der Waals surface area contributed by atoms with Crippen molar-refractivity contribution in [3.63, 3.8) is 0 Å². The maximum atomic E-state index is 10.6. The molecule has 0 heterocycles. The molecule has 0 aromatic heterocycles. The zero-order valence-corrected chi connectivity index (χ0v) is 16.0. The maximum Gasteiger partial charge on any atom is 2.00 e. The maximum absolute atomic E-state index is 10.6. The molecule has 0 aliphatic carbocycles. The van der Waals surface area contributed by atoms with Crippen LogP contribution < -0.4 is 10.2 Å². The van der Waals surface area contributed by atoms with Gasteiger partial charge in [0.2, 0.25) is 0 Å². The Kier molecular flexibility index (Phi) is 7.35. The molecule has 0 saturated heterocycles. The smallest absolute Gasteiger partial charge is 0.545 e. The minimum absolute atomic E-state index is 0. The van der Waals surface area contributed by atoms with E-state index in [-0.39, 0.29) is 60.0 Å². The van der Waals surface area contributed by atoms with E-state index in [1.807, 2.05) is 0 Å². The van der Waals surface area contributed by atoms with Gasteiger partial charge in [0.05, 0.1) is 11.9 Å². The number of halogens is 2. The van der Waals surface area contributed by atoms with Gasteiger partial charge < -0.3 is 19.8 Å². The van der Waals surface area contributed by atoms with Crippen LogP contribution in [-0.4, -0.2) is 60.8 Å². The van der Waals surface area contributed by atoms with Crippen molar-refractivity contribution in [1.29, 1.82) is 0 Å². The molecule has 0 fully saturated rings. The van der Waals surface area contributed by atoms with Crippen molar-refractivity contribution in [1.82, 2.24) is 0 Å². The van der Waals surface area contributed by atoms with Crippen LogP contribution in [0.5, 0.6) is 0 Å². The van der Waals surface area contributed by atoms with Crippen LogP contribution in [-0.2, 0) is 0 Å². The number of rotatable bonds is 2. The summed E-state index contributed by atoms with van der Waals surface area (Å²) in [4.78, 5) is 21.1. The van der Waals surface area contributed by atoms with Gasteiger partial charge in [-0.25, -0.2) is 0 Å². The Balaban J connectivity index is 0.00000196. The molecule has 0 N–H and O–H groups in total. The standard InChI is InChI=1S/C8H4I2O4.Ba/c9-5-3(7(11)12)1-2-4(6(5)10)8(13)14;/h1-2H,(H,11,12)(H,13,14);/q;+2/p-2. The molecule has 1 aromatic rings. The first-order valence-electron chi connectivity index (χ1n) is 3.36. The number of carbonyl (C=O) groups excluding carboxylic acids is 2. The van der Waals surface area contributed by atoms with E-state index >= 15 is 0 Å². The molecule has 0 radical (unpaired) electrons. The van der Waals surface area contributed by atoms with Gasteiger partial charge in [0.25, 0.3) is 0 Å². The summed E-state index contributed by atoms with van der Waals surface area (Å²) in [5.41, 5.74) is -0.0278. The largest absolute Gasteiger partial charge is 2.00 e. The number of aromatic carboxylic acids is 2. The molecule has 0 bridgehead atoms. The van der Waals surface area contributed by atoms with Gasteiger partial charge in [0, 0.05) is 18.3 Å². The minimum atomic E-state index is -1.32. The Morgan fingerprint density at radius 1 is 0.933 bits per heavy atom. The van der Waals surface area contributed by atoms with Gasteiger partial charge >= 0.3 is 48.9 Å². The Morgan fingerprint density at radius 2 is 1.20 bits per heavy atom. The van der Waals surface area contributed by atoms with Crippen LogP contribution in [0.1, 0.15) is 20.7 Å². The molecule has 15 heavy (non-hydrogen) atoms. The number of hydrogen-bond donors (Lipinski definition) is 0. The Morgan fingerprint density at radius 3 is 1.40 bits per heavy atom. The first kappa shape index (κ1) is 16.2. The zero-order valence-electron chi connectivity index (χ0n) is 7.25. The first-order valence-corrected chi connectivity index (χ1v) is 5.51. The summed E-state index contributed by atoms with van der Waals surface area (Å²) in [6, 6.07) is 2.40. The van der Waals surface area contributed by atoms with Crippen molar-refractivity contribution in [2.75, 3.05) is 0 Å². The SMILES string of the molecule is O=C([O-])c1ccc(C(=O)[O-])c(I)c1I.[Ba+2]. The fraction of sp³-hybridized carbons (Fsp3) is 0. The van der Waals surface area contributed by atoms with E-state index in [0.717, 1.165) is 0 Å². The second-order valence-corrected chi connectivity index (χ2v) is 4.52. The van der Waals surface area contributed by atoms with E-state index in [1.54, 1.807) is 45.2 Å². The van der Waals surface area contributed by atoms with Gasteiger partial charge in [-0.1, -0.05) is 12.1 Å². The van der Waals surface area contributed by atoms with Gasteiger partial charge in [-0.05, 0) is 45.2 Å². The quantitative estimate of drug-likeness (QED) is 0.357. The van der Waals surface area contributed by atoms with E-state index in [4.69, 9.17) is 0 Å². The molecular formula is C8H2BaI2O4. The zero-order chi connectivity index (χ0) is 10.9. The number of hydrogen-bond acceptors (Lipinski definition) is 4. The van der Waals surface area contributed by atoms with Gasteiger partial charge in [-0.2, -0.15) is 0 Å². The van der Waals surface area contributed by atoms with E-state index < -0.39 is 11.9 Å². The topological polar surface area (TPSA) is 80.3 Å². The van der Waals surface area contributed by atoms with E-state index in [1.165, 1.54) is 12.1 Å². The second kappa shape index (κ2) is 6.81. The van der Waals surface area contributed by atoms with Crippen molar-refractivity contribution in [2.45, 2.75) is 0 Å². The molecule has 7 heteroatoms. The molecular weight excluding hydrogens is 551 g/mol. The predicted molar refractivity (Wildman–Crippen MR) is 66.3 cm³/mol. The number of carboxylic acids is 2. The molecule has 0 aliphatic heterocycles. The van der Waals surface area contributed by atoms with Gasteiger partial charge in [-0.3, -0.25) is 0 Å². The summed E-state index contributed by atoms with van der Waals surface area (Å²) in [7, 11) is 0. The van der Waals surface area contributed by atoms with Crippen LogP contribution in [0.25, 0.3) is 0 Å². The number of carbonyl (C=O) groups is 2.